The van der Waals surface area contributed by atoms with Crippen LogP contribution in [0.5, 0.6) is 0 Å². The highest BCUT2D eigenvalue weighted by atomic mass is 35.5. The second-order valence-electron chi connectivity index (χ2n) is 2.93. The molecule has 0 spiro atoms. The van der Waals surface area contributed by atoms with Crippen molar-refractivity contribution in [3.63, 3.8) is 0 Å². The van der Waals surface area contributed by atoms with Crippen LogP contribution in [0.2, 0.25) is 0 Å². The second kappa shape index (κ2) is 9.95. The molecule has 0 aromatic carbocycles. The number of hydrogen-bond donors (Lipinski definition) is 3. The van der Waals surface area contributed by atoms with Crippen LogP contribution < -0.4 is 17.2 Å². The van der Waals surface area contributed by atoms with Crippen molar-refractivity contribution in [2.75, 3.05) is 5.75 Å². The van der Waals surface area contributed by atoms with Crippen molar-refractivity contribution < 1.29 is 10.3 Å². The Labute approximate surface area is 119 Å². The van der Waals surface area contributed by atoms with Crippen LogP contribution in [0.15, 0.2) is 10.4 Å². The summed E-state index contributed by atoms with van der Waals surface area (Å²) in [5, 5.41) is 2.43. The minimum absolute atomic E-state index is 0. The Morgan fingerprint density at radius 3 is 2.67 bits per heavy atom. The van der Waals surface area contributed by atoms with Crippen LogP contribution in [-0.2, 0) is 10.5 Å². The highest BCUT2D eigenvalue weighted by molar-refractivity contribution is 7.98. The van der Waals surface area contributed by atoms with Crippen molar-refractivity contribution in [2.24, 2.45) is 22.2 Å². The maximum absolute atomic E-state index is 10.5. The number of aliphatic imine (C=N–C) groups is 1. The summed E-state index contributed by atoms with van der Waals surface area (Å²) >= 11 is 2.98. The first-order chi connectivity index (χ1) is 7.58. The van der Waals surface area contributed by atoms with Gasteiger partial charge < -0.3 is 22.7 Å². The molecule has 1 aromatic heterocycles. The number of thioether (sulfide) groups is 1. The summed E-state index contributed by atoms with van der Waals surface area (Å²) in [5.41, 5.74) is 16.4. The number of rotatable bonds is 6. The first kappa shape index (κ1) is 19.3. The smallest absolute Gasteiger partial charge is 0.218 e. The molecule has 0 radical (unpaired) electrons. The van der Waals surface area contributed by atoms with E-state index < -0.39 is 0 Å². The molecule has 10 heteroatoms. The molecule has 7 nitrogen and oxygen atoms in total. The molecule has 0 saturated carbocycles. The third kappa shape index (κ3) is 8.12. The van der Waals surface area contributed by atoms with Gasteiger partial charge in [0, 0.05) is 23.3 Å². The molecule has 0 atom stereocenters. The molecule has 0 saturated heterocycles. The van der Waals surface area contributed by atoms with Gasteiger partial charge in [-0.1, -0.05) is 0 Å². The van der Waals surface area contributed by atoms with Crippen LogP contribution in [0.25, 0.3) is 0 Å². The largest absolute Gasteiger partial charge is 0.412 e. The maximum atomic E-state index is 10.5. The number of amides is 1. The zero-order valence-electron chi connectivity index (χ0n) is 9.46. The monoisotopic (exact) mass is 313 g/mol. The van der Waals surface area contributed by atoms with Crippen molar-refractivity contribution >= 4 is 52.5 Å². The predicted octanol–water partition coefficient (Wildman–Crippen LogP) is -0.246. The van der Waals surface area contributed by atoms with Crippen molar-refractivity contribution in [1.29, 1.82) is 0 Å². The number of carbonyl (C=O) groups excluding carboxylic acids is 1. The predicted molar refractivity (Wildman–Crippen MR) is 78.4 cm³/mol. The van der Waals surface area contributed by atoms with Crippen LogP contribution in [0.1, 0.15) is 12.1 Å². The van der Waals surface area contributed by atoms with Crippen molar-refractivity contribution in [1.82, 2.24) is 4.98 Å². The zero-order chi connectivity index (χ0) is 12.0. The molecule has 0 aliphatic heterocycles. The van der Waals surface area contributed by atoms with E-state index in [2.05, 4.69) is 9.98 Å². The molecule has 0 unspecified atom stereocenters. The average molecular weight is 314 g/mol. The average Bonchev–Trinajstić information content (AvgIpc) is 2.59. The van der Waals surface area contributed by atoms with E-state index in [0.717, 1.165) is 11.4 Å². The van der Waals surface area contributed by atoms with Gasteiger partial charge in [0.1, 0.15) is 0 Å². The molecule has 0 fully saturated rings. The fourth-order valence-corrected chi connectivity index (χ4v) is 2.53. The van der Waals surface area contributed by atoms with Gasteiger partial charge in [0.15, 0.2) is 5.96 Å². The van der Waals surface area contributed by atoms with Crippen LogP contribution in [0.3, 0.4) is 0 Å². The molecule has 0 aliphatic carbocycles. The molecule has 1 aromatic rings. The standard InChI is InChI=1S/C8H13N5OS2.ClH.H2O/c9-6(14)1-2-15-3-5-4-16-8(12-5)13-7(10)11;;/h4H,1-3H2,(H2,9,14)(H4,10,11,12,13);1H;1H2. The van der Waals surface area contributed by atoms with Gasteiger partial charge in [0.05, 0.1) is 5.69 Å². The lowest BCUT2D eigenvalue weighted by Gasteiger charge is -1.95. The van der Waals surface area contributed by atoms with E-state index in [4.69, 9.17) is 17.2 Å². The normalized spacial score (nSPS) is 8.89. The van der Waals surface area contributed by atoms with Gasteiger partial charge in [-0.15, -0.1) is 23.7 Å². The van der Waals surface area contributed by atoms with Gasteiger partial charge in [-0.2, -0.15) is 16.8 Å². The molecule has 8 N–H and O–H groups in total. The van der Waals surface area contributed by atoms with Gasteiger partial charge in [0.2, 0.25) is 11.0 Å². The number of nitrogens with zero attached hydrogens (tertiary/aromatic N) is 2. The summed E-state index contributed by atoms with van der Waals surface area (Å²) in [6.07, 6.45) is 0.384. The fourth-order valence-electron chi connectivity index (χ4n) is 0.874. The van der Waals surface area contributed by atoms with Crippen molar-refractivity contribution in [3.8, 4) is 0 Å². The SMILES string of the molecule is Cl.NC(=O)CCSCc1csc(N=C(N)N)n1.O. The number of aromatic nitrogens is 1. The van der Waals surface area contributed by atoms with Crippen molar-refractivity contribution in [2.45, 2.75) is 12.2 Å². The van der Waals surface area contributed by atoms with Crippen LogP contribution in [0.4, 0.5) is 5.13 Å². The van der Waals surface area contributed by atoms with Crippen LogP contribution in [0, 0.1) is 0 Å². The lowest BCUT2D eigenvalue weighted by molar-refractivity contribution is -0.117. The third-order valence-electron chi connectivity index (χ3n) is 1.51. The van der Waals surface area contributed by atoms with Gasteiger partial charge in [-0.25, -0.2) is 4.98 Å². The topological polar surface area (TPSA) is 152 Å². The summed E-state index contributed by atoms with van der Waals surface area (Å²) in [6.45, 7) is 0. The third-order valence-corrected chi connectivity index (χ3v) is 3.28. The highest BCUT2D eigenvalue weighted by Crippen LogP contribution is 2.21. The molecule has 104 valence electrons. The minimum atomic E-state index is -0.285. The van der Waals surface area contributed by atoms with E-state index in [0.29, 0.717) is 17.3 Å². The number of halogens is 1. The number of nitrogens with two attached hydrogens (primary N) is 3. The van der Waals surface area contributed by atoms with E-state index in [1.807, 2.05) is 5.38 Å². The second-order valence-corrected chi connectivity index (χ2v) is 4.87. The lowest BCUT2D eigenvalue weighted by atomic mass is 10.5. The number of thiazole rings is 1. The van der Waals surface area contributed by atoms with E-state index in [1.54, 1.807) is 11.8 Å². The van der Waals surface area contributed by atoms with E-state index in [9.17, 15) is 4.79 Å². The van der Waals surface area contributed by atoms with E-state index in [1.165, 1.54) is 11.3 Å². The Balaban J connectivity index is 0. The molecular weight excluding hydrogens is 298 g/mol. The fraction of sp³-hybridized carbons (Fsp3) is 0.375. The number of guanidine groups is 1. The molecule has 1 heterocycles. The number of carbonyl (C=O) groups is 1. The van der Waals surface area contributed by atoms with E-state index in [-0.39, 0.29) is 29.7 Å². The van der Waals surface area contributed by atoms with Crippen LogP contribution >= 0.6 is 35.5 Å². The quantitative estimate of drug-likeness (QED) is 0.375. The van der Waals surface area contributed by atoms with Crippen molar-refractivity contribution in [3.05, 3.63) is 11.1 Å². The van der Waals surface area contributed by atoms with Gasteiger partial charge >= 0.3 is 0 Å². The zero-order valence-corrected chi connectivity index (χ0v) is 11.9. The minimum Gasteiger partial charge on any atom is -0.412 e. The number of primary amides is 1. The lowest BCUT2D eigenvalue weighted by Crippen LogP contribution is -2.21. The molecule has 1 amide bonds. The highest BCUT2D eigenvalue weighted by Gasteiger charge is 2.02. The maximum Gasteiger partial charge on any atom is 0.218 e. The Kier molecular flexibility index (Phi) is 10.7. The Morgan fingerprint density at radius 1 is 1.44 bits per heavy atom. The van der Waals surface area contributed by atoms with Gasteiger partial charge in [-0.05, 0) is 0 Å². The summed E-state index contributed by atoms with van der Waals surface area (Å²) < 4.78 is 0. The molecule has 0 aliphatic rings. The first-order valence-electron chi connectivity index (χ1n) is 4.48. The first-order valence-corrected chi connectivity index (χ1v) is 6.51. The van der Waals surface area contributed by atoms with Crippen LogP contribution in [-0.4, -0.2) is 28.1 Å². The Hall–Kier alpha value is -1.03. The number of hydrogen-bond acceptors (Lipinski definition) is 5. The molecule has 1 rings (SSSR count). The van der Waals surface area contributed by atoms with E-state index >= 15 is 0 Å². The summed E-state index contributed by atoms with van der Waals surface area (Å²) in [4.78, 5) is 18.5. The molecule has 18 heavy (non-hydrogen) atoms. The van der Waals surface area contributed by atoms with Gasteiger partial charge in [0.25, 0.3) is 0 Å². The Bertz CT molecular complexity index is 395. The summed E-state index contributed by atoms with van der Waals surface area (Å²) in [6, 6.07) is 0. The Morgan fingerprint density at radius 2 is 2.11 bits per heavy atom. The molecular formula is C8H16ClN5O2S2. The summed E-state index contributed by atoms with van der Waals surface area (Å²) in [5.74, 6) is 1.14. The molecule has 0 bridgehead atoms. The van der Waals surface area contributed by atoms with Gasteiger partial charge in [-0.3, -0.25) is 4.79 Å². The summed E-state index contributed by atoms with van der Waals surface area (Å²) in [7, 11) is 0.